The molecule has 0 spiro atoms. The third kappa shape index (κ3) is 3.73. The number of carbonyl (C=O) groups is 1. The molecule has 0 radical (unpaired) electrons. The summed E-state index contributed by atoms with van der Waals surface area (Å²) in [6.45, 7) is 4.99. The fourth-order valence-electron chi connectivity index (χ4n) is 2.95. The van der Waals surface area contributed by atoms with Crippen molar-refractivity contribution in [3.63, 3.8) is 0 Å². The average molecular weight is 277 g/mol. The Morgan fingerprint density at radius 2 is 1.90 bits per heavy atom. The molecule has 2 rings (SSSR count). The molecule has 0 aromatic heterocycles. The summed E-state index contributed by atoms with van der Waals surface area (Å²) < 4.78 is 5.61. The number of hydrogen-bond donors (Lipinski definition) is 1. The summed E-state index contributed by atoms with van der Waals surface area (Å²) in [5.41, 5.74) is 0.193. The Morgan fingerprint density at radius 3 is 2.45 bits per heavy atom. The first-order valence-electron chi connectivity index (χ1n) is 7.41. The second kappa shape index (κ2) is 6.76. The fraction of sp³-hybridized carbons (Fsp3) is 0.733. The molecule has 0 bridgehead atoms. The van der Waals surface area contributed by atoms with Crippen LogP contribution in [0.2, 0.25) is 0 Å². The topological polar surface area (TPSA) is 65.4 Å². The summed E-state index contributed by atoms with van der Waals surface area (Å²) in [5.74, 6) is -0.194. The van der Waals surface area contributed by atoms with Gasteiger partial charge in [-0.3, -0.25) is 4.79 Å². The van der Waals surface area contributed by atoms with Crippen LogP contribution in [0.15, 0.2) is 11.8 Å². The summed E-state index contributed by atoms with van der Waals surface area (Å²) in [6, 6.07) is 2.43. The summed E-state index contributed by atoms with van der Waals surface area (Å²) in [7, 11) is 0. The maximum atomic E-state index is 12.4. The molecule has 110 valence electrons. The standard InChI is InChI=1S/C15H23N3O2/c1-11-9-18(10-12(2)20-11)15(19)13(7-16)8-17-14-5-3-4-6-14/h8,11-12,14,17H,3-6,9-10H2,1-2H3/b13-8-. The van der Waals surface area contributed by atoms with Crippen molar-refractivity contribution < 1.29 is 9.53 Å². The highest BCUT2D eigenvalue weighted by atomic mass is 16.5. The normalized spacial score (nSPS) is 28.2. The number of hydrogen-bond acceptors (Lipinski definition) is 4. The van der Waals surface area contributed by atoms with Gasteiger partial charge in [0.1, 0.15) is 11.6 Å². The Labute approximate surface area is 120 Å². The molecule has 5 heteroatoms. The maximum absolute atomic E-state index is 12.4. The summed E-state index contributed by atoms with van der Waals surface area (Å²) >= 11 is 0. The number of nitrogens with zero attached hydrogens (tertiary/aromatic N) is 2. The zero-order valence-electron chi connectivity index (χ0n) is 12.3. The van der Waals surface area contributed by atoms with Gasteiger partial charge >= 0.3 is 0 Å². The third-order valence-corrected chi connectivity index (χ3v) is 3.88. The van der Waals surface area contributed by atoms with Crippen LogP contribution in [0.1, 0.15) is 39.5 Å². The van der Waals surface area contributed by atoms with E-state index in [2.05, 4.69) is 5.32 Å². The van der Waals surface area contributed by atoms with Crippen molar-refractivity contribution in [1.29, 1.82) is 5.26 Å². The molecule has 2 fully saturated rings. The third-order valence-electron chi connectivity index (χ3n) is 3.88. The van der Waals surface area contributed by atoms with Gasteiger partial charge in [-0.1, -0.05) is 12.8 Å². The van der Waals surface area contributed by atoms with Gasteiger partial charge < -0.3 is 15.0 Å². The van der Waals surface area contributed by atoms with Crippen LogP contribution in [-0.4, -0.2) is 42.1 Å². The van der Waals surface area contributed by atoms with Crippen LogP contribution in [0.25, 0.3) is 0 Å². The van der Waals surface area contributed by atoms with E-state index in [1.54, 1.807) is 11.1 Å². The van der Waals surface area contributed by atoms with E-state index < -0.39 is 0 Å². The van der Waals surface area contributed by atoms with Gasteiger partial charge in [-0.15, -0.1) is 0 Å². The second-order valence-corrected chi connectivity index (χ2v) is 5.79. The lowest BCUT2D eigenvalue weighted by Crippen LogP contribution is -2.48. The lowest BCUT2D eigenvalue weighted by Gasteiger charge is -2.35. The minimum absolute atomic E-state index is 0.0189. The molecule has 1 aliphatic carbocycles. The van der Waals surface area contributed by atoms with E-state index in [0.717, 1.165) is 12.8 Å². The molecule has 1 saturated carbocycles. The Balaban J connectivity index is 1.97. The highest BCUT2D eigenvalue weighted by Crippen LogP contribution is 2.18. The van der Waals surface area contributed by atoms with Gasteiger partial charge in [0.2, 0.25) is 0 Å². The Morgan fingerprint density at radius 1 is 1.30 bits per heavy atom. The molecule has 2 atom stereocenters. The number of ether oxygens (including phenoxy) is 1. The average Bonchev–Trinajstić information content (AvgIpc) is 2.91. The van der Waals surface area contributed by atoms with Gasteiger partial charge in [0.25, 0.3) is 5.91 Å². The molecular formula is C15H23N3O2. The van der Waals surface area contributed by atoms with Crippen LogP contribution in [-0.2, 0) is 9.53 Å². The van der Waals surface area contributed by atoms with Crippen molar-refractivity contribution in [2.45, 2.75) is 57.8 Å². The smallest absolute Gasteiger partial charge is 0.266 e. The van der Waals surface area contributed by atoms with E-state index >= 15 is 0 Å². The monoisotopic (exact) mass is 277 g/mol. The fourth-order valence-corrected chi connectivity index (χ4v) is 2.95. The molecule has 1 amide bonds. The molecule has 5 nitrogen and oxygen atoms in total. The van der Waals surface area contributed by atoms with Crippen LogP contribution >= 0.6 is 0 Å². The number of nitrogens with one attached hydrogen (secondary N) is 1. The zero-order chi connectivity index (χ0) is 14.5. The minimum atomic E-state index is -0.194. The van der Waals surface area contributed by atoms with Crippen molar-refractivity contribution in [3.8, 4) is 6.07 Å². The first-order valence-corrected chi connectivity index (χ1v) is 7.41. The summed E-state index contributed by atoms with van der Waals surface area (Å²) in [6.07, 6.45) is 6.32. The van der Waals surface area contributed by atoms with Crippen LogP contribution in [0.3, 0.4) is 0 Å². The van der Waals surface area contributed by atoms with Crippen LogP contribution < -0.4 is 5.32 Å². The van der Waals surface area contributed by atoms with Gasteiger partial charge in [-0.25, -0.2) is 0 Å². The SMILES string of the molecule is CC1CN(C(=O)/C(C#N)=C\NC2CCCC2)CC(C)O1. The highest BCUT2D eigenvalue weighted by Gasteiger charge is 2.28. The molecule has 1 aliphatic heterocycles. The predicted molar refractivity (Wildman–Crippen MR) is 75.7 cm³/mol. The van der Waals surface area contributed by atoms with E-state index in [0.29, 0.717) is 19.1 Å². The number of nitriles is 1. The van der Waals surface area contributed by atoms with Crippen LogP contribution in [0.4, 0.5) is 0 Å². The molecular weight excluding hydrogens is 254 g/mol. The van der Waals surface area contributed by atoms with Gasteiger partial charge in [-0.2, -0.15) is 5.26 Å². The number of amides is 1. The van der Waals surface area contributed by atoms with Gasteiger partial charge in [0.05, 0.1) is 12.2 Å². The number of rotatable bonds is 3. The summed E-state index contributed by atoms with van der Waals surface area (Å²) in [4.78, 5) is 14.1. The van der Waals surface area contributed by atoms with E-state index in [1.165, 1.54) is 12.8 Å². The Kier molecular flexibility index (Phi) is 5.02. The highest BCUT2D eigenvalue weighted by molar-refractivity contribution is 5.97. The van der Waals surface area contributed by atoms with Crippen molar-refractivity contribution >= 4 is 5.91 Å². The molecule has 2 aliphatic rings. The van der Waals surface area contributed by atoms with E-state index in [9.17, 15) is 10.1 Å². The quantitative estimate of drug-likeness (QED) is 0.628. The summed E-state index contributed by atoms with van der Waals surface area (Å²) in [5, 5.41) is 12.4. The lowest BCUT2D eigenvalue weighted by atomic mass is 10.2. The first-order chi connectivity index (χ1) is 9.60. The predicted octanol–water partition coefficient (Wildman–Crippen LogP) is 1.56. The zero-order valence-corrected chi connectivity index (χ0v) is 12.3. The number of carbonyl (C=O) groups excluding carboxylic acids is 1. The van der Waals surface area contributed by atoms with Crippen molar-refractivity contribution in [2.75, 3.05) is 13.1 Å². The molecule has 2 unspecified atom stereocenters. The van der Waals surface area contributed by atoms with E-state index in [4.69, 9.17) is 4.74 Å². The van der Waals surface area contributed by atoms with E-state index in [-0.39, 0.29) is 23.7 Å². The lowest BCUT2D eigenvalue weighted by molar-refractivity contribution is -0.138. The van der Waals surface area contributed by atoms with Crippen LogP contribution in [0.5, 0.6) is 0 Å². The molecule has 1 saturated heterocycles. The minimum Gasteiger partial charge on any atom is -0.387 e. The first kappa shape index (κ1) is 14.9. The molecule has 20 heavy (non-hydrogen) atoms. The van der Waals surface area contributed by atoms with Crippen molar-refractivity contribution in [3.05, 3.63) is 11.8 Å². The number of morpholine rings is 1. The molecule has 0 aromatic rings. The van der Waals surface area contributed by atoms with Gasteiger partial charge in [-0.05, 0) is 26.7 Å². The maximum Gasteiger partial charge on any atom is 0.266 e. The Bertz CT molecular complexity index is 411. The van der Waals surface area contributed by atoms with Gasteiger partial charge in [0, 0.05) is 25.3 Å². The molecule has 0 aromatic carbocycles. The molecule has 1 heterocycles. The van der Waals surface area contributed by atoms with Crippen molar-refractivity contribution in [1.82, 2.24) is 10.2 Å². The van der Waals surface area contributed by atoms with E-state index in [1.807, 2.05) is 19.9 Å². The molecule has 1 N–H and O–H groups in total. The van der Waals surface area contributed by atoms with Crippen molar-refractivity contribution in [2.24, 2.45) is 0 Å². The largest absolute Gasteiger partial charge is 0.387 e. The Hall–Kier alpha value is -1.54. The van der Waals surface area contributed by atoms with Crippen LogP contribution in [0, 0.1) is 11.3 Å². The van der Waals surface area contributed by atoms with Gasteiger partial charge in [0.15, 0.2) is 0 Å². The second-order valence-electron chi connectivity index (χ2n) is 5.79.